The Morgan fingerprint density at radius 2 is 1.22 bits per heavy atom. The van der Waals surface area contributed by atoms with Crippen molar-refractivity contribution in [3.05, 3.63) is 108 Å². The topological polar surface area (TPSA) is 57.6 Å². The van der Waals surface area contributed by atoms with Crippen molar-refractivity contribution in [1.82, 2.24) is 4.90 Å². The number of benzene rings is 3. The highest BCUT2D eigenvalue weighted by Gasteiger charge is 2.32. The largest absolute Gasteiger partial charge is 0.395 e. The Hall–Kier alpha value is -3.24. The zero-order valence-electron chi connectivity index (χ0n) is 14.9. The highest BCUT2D eigenvalue weighted by molar-refractivity contribution is 6.04. The van der Waals surface area contributed by atoms with Crippen LogP contribution >= 0.6 is 0 Å². The van der Waals surface area contributed by atoms with Crippen LogP contribution < -0.4 is 0 Å². The summed E-state index contributed by atoms with van der Waals surface area (Å²) in [6, 6.07) is 26.1. The lowest BCUT2D eigenvalue weighted by atomic mass is 9.95. The first-order chi connectivity index (χ1) is 13.2. The van der Waals surface area contributed by atoms with Gasteiger partial charge in [-0.1, -0.05) is 78.9 Å². The molecule has 0 aromatic heterocycles. The summed E-state index contributed by atoms with van der Waals surface area (Å²) >= 11 is 0. The maximum Gasteiger partial charge on any atom is 0.254 e. The molecule has 0 aliphatic rings. The summed E-state index contributed by atoms with van der Waals surface area (Å²) in [4.78, 5) is 27.9. The minimum absolute atomic E-state index is 0.0614. The van der Waals surface area contributed by atoms with Crippen molar-refractivity contribution in [2.24, 2.45) is 0 Å². The van der Waals surface area contributed by atoms with Gasteiger partial charge in [-0.15, -0.1) is 0 Å². The molecule has 136 valence electrons. The molecule has 0 aliphatic carbocycles. The van der Waals surface area contributed by atoms with Crippen molar-refractivity contribution in [3.63, 3.8) is 0 Å². The van der Waals surface area contributed by atoms with E-state index in [1.54, 1.807) is 48.5 Å². The van der Waals surface area contributed by atoms with Gasteiger partial charge in [-0.3, -0.25) is 9.59 Å². The number of Topliss-reactive ketones (excluding diaryl/α,β-unsaturated/α-hetero) is 1. The van der Waals surface area contributed by atoms with Crippen molar-refractivity contribution >= 4 is 11.7 Å². The van der Waals surface area contributed by atoms with E-state index in [9.17, 15) is 14.7 Å². The summed E-state index contributed by atoms with van der Waals surface area (Å²) in [5.74, 6) is -0.470. The molecule has 0 spiro atoms. The fourth-order valence-electron chi connectivity index (χ4n) is 3.07. The molecule has 1 N–H and O–H groups in total. The van der Waals surface area contributed by atoms with E-state index in [4.69, 9.17) is 0 Å². The van der Waals surface area contributed by atoms with Gasteiger partial charge in [-0.25, -0.2) is 0 Å². The van der Waals surface area contributed by atoms with E-state index in [0.717, 1.165) is 0 Å². The van der Waals surface area contributed by atoms with Crippen molar-refractivity contribution < 1.29 is 14.7 Å². The third-order valence-electron chi connectivity index (χ3n) is 4.36. The van der Waals surface area contributed by atoms with Crippen LogP contribution in [0.2, 0.25) is 0 Å². The lowest BCUT2D eigenvalue weighted by Gasteiger charge is -2.31. The molecule has 0 saturated carbocycles. The lowest BCUT2D eigenvalue weighted by molar-refractivity contribution is 0.0570. The third-order valence-corrected chi connectivity index (χ3v) is 4.36. The molecule has 1 amide bonds. The number of carbonyl (C=O) groups is 2. The number of nitrogens with zero attached hydrogens (tertiary/aromatic N) is 1. The van der Waals surface area contributed by atoms with Gasteiger partial charge in [-0.05, 0) is 17.7 Å². The number of hydrogen-bond donors (Lipinski definition) is 1. The summed E-state index contributed by atoms with van der Waals surface area (Å²) in [6.07, 6.45) is 0. The predicted molar refractivity (Wildman–Crippen MR) is 105 cm³/mol. The maximum absolute atomic E-state index is 13.3. The van der Waals surface area contributed by atoms with Crippen LogP contribution in [0.5, 0.6) is 0 Å². The number of ketones is 1. The van der Waals surface area contributed by atoms with Crippen molar-refractivity contribution in [1.29, 1.82) is 0 Å². The Kier molecular flexibility index (Phi) is 6.13. The molecule has 27 heavy (non-hydrogen) atoms. The normalized spacial score (nSPS) is 11.6. The average Bonchev–Trinajstić information content (AvgIpc) is 2.75. The monoisotopic (exact) mass is 359 g/mol. The number of aliphatic hydroxyl groups is 1. The molecule has 0 bridgehead atoms. The van der Waals surface area contributed by atoms with E-state index in [-0.39, 0.29) is 24.8 Å². The van der Waals surface area contributed by atoms with Gasteiger partial charge in [0.1, 0.15) is 6.04 Å². The van der Waals surface area contributed by atoms with Gasteiger partial charge in [0.05, 0.1) is 6.61 Å². The molecule has 0 aliphatic heterocycles. The van der Waals surface area contributed by atoms with Crippen LogP contribution in [-0.2, 0) is 0 Å². The number of hydrogen-bond acceptors (Lipinski definition) is 3. The lowest BCUT2D eigenvalue weighted by Crippen LogP contribution is -2.40. The first-order valence-corrected chi connectivity index (χ1v) is 8.83. The quantitative estimate of drug-likeness (QED) is 0.654. The summed E-state index contributed by atoms with van der Waals surface area (Å²) in [5.41, 5.74) is 1.71. The first-order valence-electron chi connectivity index (χ1n) is 8.83. The summed E-state index contributed by atoms with van der Waals surface area (Å²) in [7, 11) is 0. The van der Waals surface area contributed by atoms with E-state index in [1.165, 1.54) is 4.90 Å². The molecule has 0 radical (unpaired) electrons. The fraction of sp³-hybridized carbons (Fsp3) is 0.130. The zero-order chi connectivity index (χ0) is 19.1. The van der Waals surface area contributed by atoms with Crippen LogP contribution in [0.4, 0.5) is 0 Å². The molecule has 4 nitrogen and oxygen atoms in total. The second kappa shape index (κ2) is 8.92. The highest BCUT2D eigenvalue weighted by atomic mass is 16.3. The fourth-order valence-corrected chi connectivity index (χ4v) is 3.07. The minimum Gasteiger partial charge on any atom is -0.395 e. The van der Waals surface area contributed by atoms with Crippen LogP contribution in [0.1, 0.15) is 32.3 Å². The molecule has 1 atom stereocenters. The van der Waals surface area contributed by atoms with Crippen LogP contribution in [-0.4, -0.2) is 34.8 Å². The second-order valence-corrected chi connectivity index (χ2v) is 6.13. The van der Waals surface area contributed by atoms with Gasteiger partial charge in [0, 0.05) is 17.7 Å². The minimum atomic E-state index is -0.812. The van der Waals surface area contributed by atoms with Gasteiger partial charge < -0.3 is 10.0 Å². The van der Waals surface area contributed by atoms with Crippen LogP contribution in [0.25, 0.3) is 0 Å². The van der Waals surface area contributed by atoms with Crippen molar-refractivity contribution in [3.8, 4) is 0 Å². The van der Waals surface area contributed by atoms with Crippen LogP contribution in [0.15, 0.2) is 91.0 Å². The molecular formula is C23H21NO3. The second-order valence-electron chi connectivity index (χ2n) is 6.13. The van der Waals surface area contributed by atoms with E-state index >= 15 is 0 Å². The van der Waals surface area contributed by atoms with Crippen LogP contribution in [0.3, 0.4) is 0 Å². The van der Waals surface area contributed by atoms with Gasteiger partial charge in [-0.2, -0.15) is 0 Å². The van der Waals surface area contributed by atoms with E-state index in [0.29, 0.717) is 16.7 Å². The van der Waals surface area contributed by atoms with Gasteiger partial charge in [0.15, 0.2) is 5.78 Å². The van der Waals surface area contributed by atoms with E-state index < -0.39 is 6.04 Å². The number of carbonyl (C=O) groups excluding carboxylic acids is 2. The molecule has 4 heteroatoms. The third kappa shape index (κ3) is 4.30. The standard InChI is InChI=1S/C23H21NO3/c25-17-16-24(23(27)20-14-8-3-9-15-20)21(18-10-4-1-5-11-18)22(26)19-12-6-2-7-13-19/h1-15,21,25H,16-17H2/t21-/m1/s1. The zero-order valence-corrected chi connectivity index (χ0v) is 14.9. The summed E-state index contributed by atoms with van der Waals surface area (Å²) < 4.78 is 0. The van der Waals surface area contributed by atoms with E-state index in [1.807, 2.05) is 42.5 Å². The van der Waals surface area contributed by atoms with Crippen LogP contribution in [0, 0.1) is 0 Å². The molecule has 0 saturated heterocycles. The molecular weight excluding hydrogens is 338 g/mol. The van der Waals surface area contributed by atoms with Gasteiger partial charge in [0.25, 0.3) is 5.91 Å². The summed E-state index contributed by atoms with van der Waals surface area (Å²) in [6.45, 7) is -0.171. The Labute approximate surface area is 158 Å². The van der Waals surface area contributed by atoms with Gasteiger partial charge in [0.2, 0.25) is 0 Å². The molecule has 0 fully saturated rings. The number of amides is 1. The number of rotatable bonds is 7. The summed E-state index contributed by atoms with van der Waals surface area (Å²) in [5, 5.41) is 9.58. The Balaban J connectivity index is 2.06. The smallest absolute Gasteiger partial charge is 0.254 e. The molecule has 3 rings (SSSR count). The van der Waals surface area contributed by atoms with E-state index in [2.05, 4.69) is 0 Å². The Morgan fingerprint density at radius 3 is 1.74 bits per heavy atom. The Bertz CT molecular complexity index is 879. The van der Waals surface area contributed by atoms with Gasteiger partial charge >= 0.3 is 0 Å². The molecule has 0 heterocycles. The predicted octanol–water partition coefficient (Wildman–Crippen LogP) is 3.75. The molecule has 3 aromatic carbocycles. The Morgan fingerprint density at radius 1 is 0.741 bits per heavy atom. The maximum atomic E-state index is 13.3. The molecule has 0 unspecified atom stereocenters. The highest BCUT2D eigenvalue weighted by Crippen LogP contribution is 2.27. The number of aliphatic hydroxyl groups excluding tert-OH is 1. The van der Waals surface area contributed by atoms with Crippen molar-refractivity contribution in [2.45, 2.75) is 6.04 Å². The first kappa shape index (κ1) is 18.5. The van der Waals surface area contributed by atoms with Crippen molar-refractivity contribution in [2.75, 3.05) is 13.2 Å². The average molecular weight is 359 g/mol. The SMILES string of the molecule is O=C(c1ccccc1)[C@@H](c1ccccc1)N(CCO)C(=O)c1ccccc1. The molecule has 3 aromatic rings.